The number of benzene rings is 2. The molecule has 1 amide bonds. The molecule has 128 valence electrons. The molecule has 8 heteroatoms. The van der Waals surface area contributed by atoms with E-state index in [2.05, 4.69) is 21.2 Å². The molecule has 0 aliphatic carbocycles. The number of anilines is 2. The van der Waals surface area contributed by atoms with Gasteiger partial charge >= 0.3 is 0 Å². The van der Waals surface area contributed by atoms with E-state index in [1.807, 2.05) is 0 Å². The molecule has 2 aromatic carbocycles. The summed E-state index contributed by atoms with van der Waals surface area (Å²) in [6, 6.07) is 11.4. The fourth-order valence-corrected chi connectivity index (χ4v) is 3.72. The average Bonchev–Trinajstić information content (AvgIpc) is 2.49. The number of carbonyl (C=O) groups is 1. The van der Waals surface area contributed by atoms with E-state index in [9.17, 15) is 17.6 Å². The van der Waals surface area contributed by atoms with E-state index < -0.39 is 27.8 Å². The molecule has 1 N–H and O–H groups in total. The Morgan fingerprint density at radius 3 is 2.38 bits per heavy atom. The van der Waals surface area contributed by atoms with Crippen molar-refractivity contribution in [3.05, 3.63) is 58.8 Å². The third-order valence-electron chi connectivity index (χ3n) is 3.29. The summed E-state index contributed by atoms with van der Waals surface area (Å²) in [6.45, 7) is 1.44. The summed E-state index contributed by atoms with van der Waals surface area (Å²) < 4.78 is 39.6. The minimum absolute atomic E-state index is 0.0171. The van der Waals surface area contributed by atoms with Crippen LogP contribution in [0.5, 0.6) is 0 Å². The zero-order valence-electron chi connectivity index (χ0n) is 13.0. The summed E-state index contributed by atoms with van der Waals surface area (Å²) >= 11 is 3.13. The van der Waals surface area contributed by atoms with Crippen molar-refractivity contribution in [2.24, 2.45) is 0 Å². The van der Waals surface area contributed by atoms with Crippen LogP contribution >= 0.6 is 15.9 Å². The first-order valence-corrected chi connectivity index (χ1v) is 9.64. The number of hydrogen-bond acceptors (Lipinski definition) is 3. The van der Waals surface area contributed by atoms with Crippen LogP contribution in [0.1, 0.15) is 6.92 Å². The van der Waals surface area contributed by atoms with Gasteiger partial charge in [0, 0.05) is 4.47 Å². The Kier molecular flexibility index (Phi) is 5.61. The molecule has 0 saturated carbocycles. The van der Waals surface area contributed by atoms with E-state index in [1.54, 1.807) is 36.4 Å². The average molecular weight is 415 g/mol. The Hall–Kier alpha value is -1.93. The third kappa shape index (κ3) is 4.33. The maximum atomic E-state index is 13.9. The molecular formula is C16H16BrFN2O3S. The number of rotatable bonds is 5. The standard InChI is InChI=1S/C16H16BrFN2O3S/c1-11(16(21)19-15-9-8-12(17)10-14(15)18)20(24(2,22)23)13-6-4-3-5-7-13/h3-11H,1-2H3,(H,19,21)/t11-/m1/s1. The van der Waals surface area contributed by atoms with Crippen molar-refractivity contribution in [1.82, 2.24) is 0 Å². The quantitative estimate of drug-likeness (QED) is 0.815. The summed E-state index contributed by atoms with van der Waals surface area (Å²) in [4.78, 5) is 12.4. The topological polar surface area (TPSA) is 66.5 Å². The molecule has 1 atom stereocenters. The van der Waals surface area contributed by atoms with Gasteiger partial charge in [-0.15, -0.1) is 0 Å². The van der Waals surface area contributed by atoms with E-state index in [1.165, 1.54) is 19.1 Å². The van der Waals surface area contributed by atoms with Crippen molar-refractivity contribution in [3.63, 3.8) is 0 Å². The van der Waals surface area contributed by atoms with Gasteiger partial charge < -0.3 is 5.32 Å². The van der Waals surface area contributed by atoms with E-state index >= 15 is 0 Å². The van der Waals surface area contributed by atoms with E-state index in [0.717, 1.165) is 10.6 Å². The molecular weight excluding hydrogens is 399 g/mol. The Balaban J connectivity index is 2.29. The number of para-hydroxylation sites is 1. The van der Waals surface area contributed by atoms with Crippen LogP contribution in [0.3, 0.4) is 0 Å². The van der Waals surface area contributed by atoms with Crippen LogP contribution in [0.15, 0.2) is 53.0 Å². The number of hydrogen-bond donors (Lipinski definition) is 1. The highest BCUT2D eigenvalue weighted by Gasteiger charge is 2.29. The fourth-order valence-electron chi connectivity index (χ4n) is 2.21. The van der Waals surface area contributed by atoms with Crippen LogP contribution in [0.2, 0.25) is 0 Å². The molecule has 0 aliphatic rings. The monoisotopic (exact) mass is 414 g/mol. The first kappa shape index (κ1) is 18.4. The maximum absolute atomic E-state index is 13.9. The molecule has 0 fully saturated rings. The number of nitrogens with one attached hydrogen (secondary N) is 1. The van der Waals surface area contributed by atoms with Crippen molar-refractivity contribution in [3.8, 4) is 0 Å². The fraction of sp³-hybridized carbons (Fsp3) is 0.188. The predicted molar refractivity (Wildman–Crippen MR) is 96.0 cm³/mol. The van der Waals surface area contributed by atoms with Crippen LogP contribution in [0.4, 0.5) is 15.8 Å². The summed E-state index contributed by atoms with van der Waals surface area (Å²) in [5.41, 5.74) is 0.343. The van der Waals surface area contributed by atoms with Crippen molar-refractivity contribution in [2.45, 2.75) is 13.0 Å². The van der Waals surface area contributed by atoms with Crippen LogP contribution in [-0.2, 0) is 14.8 Å². The number of carbonyl (C=O) groups excluding carboxylic acids is 1. The molecule has 0 aliphatic heterocycles. The van der Waals surface area contributed by atoms with Gasteiger partial charge in [0.15, 0.2) is 0 Å². The SMILES string of the molecule is C[C@H](C(=O)Nc1ccc(Br)cc1F)N(c1ccccc1)S(C)(=O)=O. The third-order valence-corrected chi connectivity index (χ3v) is 5.02. The van der Waals surface area contributed by atoms with Crippen LogP contribution in [-0.4, -0.2) is 26.6 Å². The summed E-state index contributed by atoms with van der Waals surface area (Å²) in [6.07, 6.45) is 1.02. The van der Waals surface area contributed by atoms with Crippen LogP contribution < -0.4 is 9.62 Å². The van der Waals surface area contributed by atoms with Gasteiger partial charge in [0.05, 0.1) is 17.6 Å². The lowest BCUT2D eigenvalue weighted by molar-refractivity contribution is -0.116. The first-order chi connectivity index (χ1) is 11.2. The van der Waals surface area contributed by atoms with Crippen LogP contribution in [0.25, 0.3) is 0 Å². The Morgan fingerprint density at radius 2 is 1.83 bits per heavy atom. The van der Waals surface area contributed by atoms with Crippen molar-refractivity contribution < 1.29 is 17.6 Å². The highest BCUT2D eigenvalue weighted by Crippen LogP contribution is 2.23. The molecule has 5 nitrogen and oxygen atoms in total. The normalized spacial score (nSPS) is 12.5. The second-order valence-electron chi connectivity index (χ2n) is 5.18. The van der Waals surface area contributed by atoms with Gasteiger partial charge in [-0.2, -0.15) is 0 Å². The van der Waals surface area contributed by atoms with Gasteiger partial charge in [-0.3, -0.25) is 9.10 Å². The molecule has 0 unspecified atom stereocenters. The number of amides is 1. The van der Waals surface area contributed by atoms with Gasteiger partial charge in [-0.05, 0) is 37.3 Å². The lowest BCUT2D eigenvalue weighted by Crippen LogP contribution is -2.45. The highest BCUT2D eigenvalue weighted by molar-refractivity contribution is 9.10. The number of halogens is 2. The Bertz CT molecular complexity index is 844. The summed E-state index contributed by atoms with van der Waals surface area (Å²) in [7, 11) is -3.70. The maximum Gasteiger partial charge on any atom is 0.248 e. The molecule has 0 bridgehead atoms. The molecule has 0 spiro atoms. The molecule has 0 radical (unpaired) electrons. The second kappa shape index (κ2) is 7.31. The van der Waals surface area contributed by atoms with Gasteiger partial charge in [0.1, 0.15) is 11.9 Å². The zero-order valence-corrected chi connectivity index (χ0v) is 15.4. The van der Waals surface area contributed by atoms with Gasteiger partial charge in [-0.1, -0.05) is 34.1 Å². The minimum Gasteiger partial charge on any atom is -0.322 e. The second-order valence-corrected chi connectivity index (χ2v) is 7.96. The van der Waals surface area contributed by atoms with Gasteiger partial charge in [-0.25, -0.2) is 12.8 Å². The first-order valence-electron chi connectivity index (χ1n) is 7.00. The predicted octanol–water partition coefficient (Wildman–Crippen LogP) is 3.38. The van der Waals surface area contributed by atoms with Crippen molar-refractivity contribution in [1.29, 1.82) is 0 Å². The van der Waals surface area contributed by atoms with E-state index in [0.29, 0.717) is 10.2 Å². The van der Waals surface area contributed by atoms with Crippen molar-refractivity contribution in [2.75, 3.05) is 15.9 Å². The highest BCUT2D eigenvalue weighted by atomic mass is 79.9. The summed E-state index contributed by atoms with van der Waals surface area (Å²) in [5.74, 6) is -1.25. The summed E-state index contributed by atoms with van der Waals surface area (Å²) in [5, 5.41) is 2.42. The van der Waals surface area contributed by atoms with Crippen molar-refractivity contribution >= 4 is 43.2 Å². The van der Waals surface area contributed by atoms with Gasteiger partial charge in [0.25, 0.3) is 0 Å². The molecule has 0 heterocycles. The number of sulfonamides is 1. The Morgan fingerprint density at radius 1 is 1.21 bits per heavy atom. The molecule has 24 heavy (non-hydrogen) atoms. The molecule has 0 saturated heterocycles. The lowest BCUT2D eigenvalue weighted by Gasteiger charge is -2.28. The number of nitrogens with zero attached hydrogens (tertiary/aromatic N) is 1. The molecule has 0 aromatic heterocycles. The molecule has 2 rings (SSSR count). The smallest absolute Gasteiger partial charge is 0.248 e. The van der Waals surface area contributed by atoms with E-state index in [-0.39, 0.29) is 5.69 Å². The minimum atomic E-state index is -3.70. The Labute approximate surface area is 148 Å². The largest absolute Gasteiger partial charge is 0.322 e. The molecule has 2 aromatic rings. The van der Waals surface area contributed by atoms with E-state index in [4.69, 9.17) is 0 Å². The zero-order chi connectivity index (χ0) is 17.9. The van der Waals surface area contributed by atoms with Crippen LogP contribution in [0, 0.1) is 5.82 Å². The van der Waals surface area contributed by atoms with Gasteiger partial charge in [0.2, 0.25) is 15.9 Å². The lowest BCUT2D eigenvalue weighted by atomic mass is 10.2.